The van der Waals surface area contributed by atoms with Crippen LogP contribution in [0.25, 0.3) is 0 Å². The largest absolute Gasteiger partial charge is 0.462 e. The zero-order valence-corrected chi connectivity index (χ0v) is 13.5. The predicted octanol–water partition coefficient (Wildman–Crippen LogP) is 3.06. The number of benzene rings is 1. The Hall–Kier alpha value is -1.36. The number of esters is 1. The lowest BCUT2D eigenvalue weighted by Gasteiger charge is -2.12. The highest BCUT2D eigenvalue weighted by Crippen LogP contribution is 2.27. The monoisotopic (exact) mass is 310 g/mol. The molecule has 0 saturated heterocycles. The molecule has 4 nitrogen and oxygen atoms in total. The van der Waals surface area contributed by atoms with E-state index in [4.69, 9.17) is 4.74 Å². The Morgan fingerprint density at radius 3 is 2.76 bits per heavy atom. The molecule has 0 amide bonds. The number of unbranched alkanes of at least 4 members (excludes halogenated alkanes) is 1. The third kappa shape index (κ3) is 3.64. The molecule has 1 heterocycles. The summed E-state index contributed by atoms with van der Waals surface area (Å²) in [6.45, 7) is 4.22. The van der Waals surface area contributed by atoms with Crippen molar-refractivity contribution in [1.82, 2.24) is 0 Å². The second-order valence-corrected chi connectivity index (χ2v) is 7.62. The molecule has 5 heteroatoms. The molecule has 1 aliphatic rings. The summed E-state index contributed by atoms with van der Waals surface area (Å²) in [5.41, 5.74) is 1.98. The van der Waals surface area contributed by atoms with Crippen LogP contribution in [0.4, 0.5) is 0 Å². The number of carbonyl (C=O) groups is 1. The summed E-state index contributed by atoms with van der Waals surface area (Å²) in [6.07, 6.45) is 4.05. The predicted molar refractivity (Wildman–Crippen MR) is 81.4 cm³/mol. The molecule has 0 bridgehead atoms. The summed E-state index contributed by atoms with van der Waals surface area (Å²) in [6, 6.07) is 3.34. The van der Waals surface area contributed by atoms with Crippen molar-refractivity contribution in [3.63, 3.8) is 0 Å². The maximum atomic E-state index is 12.3. The number of hydrogen-bond donors (Lipinski definition) is 0. The molecule has 1 aromatic carbocycles. The van der Waals surface area contributed by atoms with Gasteiger partial charge in [-0.05, 0) is 49.8 Å². The average molecular weight is 310 g/mol. The summed E-state index contributed by atoms with van der Waals surface area (Å²) in [4.78, 5) is 12.4. The minimum absolute atomic E-state index is 0.160. The quantitative estimate of drug-likeness (QED) is 0.633. The number of rotatable bonds is 4. The molecule has 0 aliphatic carbocycles. The number of ether oxygens (including phenoxy) is 1. The highest BCUT2D eigenvalue weighted by Gasteiger charge is 2.24. The number of fused-ring (bicyclic) bond motifs is 1. The normalized spacial score (nSPS) is 16.9. The number of carbonyl (C=O) groups excluding carboxylic acids is 1. The van der Waals surface area contributed by atoms with Crippen molar-refractivity contribution in [3.8, 4) is 0 Å². The zero-order chi connectivity index (χ0) is 15.5. The molecule has 0 unspecified atom stereocenters. The number of hydrogen-bond acceptors (Lipinski definition) is 4. The molecular formula is C16H22O4S. The van der Waals surface area contributed by atoms with Crippen LogP contribution in [0.1, 0.15) is 54.1 Å². The second-order valence-electron chi connectivity index (χ2n) is 5.54. The molecule has 0 radical (unpaired) electrons. The first-order valence-electron chi connectivity index (χ1n) is 7.49. The van der Waals surface area contributed by atoms with E-state index in [1.54, 1.807) is 0 Å². The van der Waals surface area contributed by atoms with E-state index in [2.05, 4.69) is 0 Å². The smallest absolute Gasteiger partial charge is 0.338 e. The molecule has 0 fully saturated rings. The fourth-order valence-electron chi connectivity index (χ4n) is 2.56. The van der Waals surface area contributed by atoms with Gasteiger partial charge in [-0.25, -0.2) is 13.2 Å². The van der Waals surface area contributed by atoms with Crippen molar-refractivity contribution >= 4 is 15.8 Å². The molecule has 116 valence electrons. The Labute approximate surface area is 126 Å². The SMILES string of the molecule is CCCCOC(=O)c1cc2c(cc1C)CCCCS2(=O)=O. The van der Waals surface area contributed by atoms with Crippen LogP contribution >= 0.6 is 0 Å². The van der Waals surface area contributed by atoms with Crippen molar-refractivity contribution in [3.05, 3.63) is 28.8 Å². The fourth-order valence-corrected chi connectivity index (χ4v) is 4.22. The third-order valence-electron chi connectivity index (χ3n) is 3.80. The Morgan fingerprint density at radius 2 is 2.05 bits per heavy atom. The van der Waals surface area contributed by atoms with Crippen molar-refractivity contribution < 1.29 is 17.9 Å². The Kier molecular flexibility index (Phi) is 5.04. The molecule has 2 rings (SSSR count). The van der Waals surface area contributed by atoms with Gasteiger partial charge in [-0.15, -0.1) is 0 Å². The minimum atomic E-state index is -3.28. The van der Waals surface area contributed by atoms with Gasteiger partial charge in [0.2, 0.25) is 0 Å². The van der Waals surface area contributed by atoms with Crippen LogP contribution in [0.15, 0.2) is 17.0 Å². The zero-order valence-electron chi connectivity index (χ0n) is 12.6. The van der Waals surface area contributed by atoms with Crippen LogP contribution in [0.3, 0.4) is 0 Å². The molecule has 0 aromatic heterocycles. The molecule has 0 atom stereocenters. The first kappa shape index (κ1) is 16.0. The lowest BCUT2D eigenvalue weighted by atomic mass is 10.0. The topological polar surface area (TPSA) is 60.4 Å². The standard InChI is InChI=1S/C16H22O4S/c1-3-4-8-20-16(17)14-11-15-13(10-12(14)2)7-5-6-9-21(15,18)19/h10-11H,3-9H2,1-2H3. The third-order valence-corrected chi connectivity index (χ3v) is 5.68. The van der Waals surface area contributed by atoms with Gasteiger partial charge in [-0.3, -0.25) is 0 Å². The summed E-state index contributed by atoms with van der Waals surface area (Å²) >= 11 is 0. The van der Waals surface area contributed by atoms with Crippen LogP contribution in [-0.4, -0.2) is 26.7 Å². The van der Waals surface area contributed by atoms with E-state index in [-0.39, 0.29) is 5.75 Å². The van der Waals surface area contributed by atoms with Gasteiger partial charge in [0.25, 0.3) is 0 Å². The fraction of sp³-hybridized carbons (Fsp3) is 0.562. The van der Waals surface area contributed by atoms with Crippen molar-refractivity contribution in [2.45, 2.75) is 50.8 Å². The molecule has 1 aromatic rings. The van der Waals surface area contributed by atoms with E-state index in [9.17, 15) is 13.2 Å². The van der Waals surface area contributed by atoms with Crippen molar-refractivity contribution in [2.75, 3.05) is 12.4 Å². The van der Waals surface area contributed by atoms with Gasteiger partial charge in [-0.1, -0.05) is 19.4 Å². The van der Waals surface area contributed by atoms with Crippen LogP contribution < -0.4 is 0 Å². The van der Waals surface area contributed by atoms with Gasteiger partial charge in [0.15, 0.2) is 9.84 Å². The van der Waals surface area contributed by atoms with E-state index >= 15 is 0 Å². The van der Waals surface area contributed by atoms with E-state index in [0.717, 1.165) is 36.8 Å². The average Bonchev–Trinajstić information content (AvgIpc) is 2.56. The Balaban J connectivity index is 2.36. The van der Waals surface area contributed by atoms with Gasteiger partial charge in [0.05, 0.1) is 22.8 Å². The van der Waals surface area contributed by atoms with Gasteiger partial charge in [-0.2, -0.15) is 0 Å². The van der Waals surface area contributed by atoms with Crippen molar-refractivity contribution in [2.24, 2.45) is 0 Å². The maximum absolute atomic E-state index is 12.3. The lowest BCUT2D eigenvalue weighted by molar-refractivity contribution is 0.0498. The molecule has 0 spiro atoms. The van der Waals surface area contributed by atoms with Gasteiger partial charge in [0.1, 0.15) is 0 Å². The first-order valence-corrected chi connectivity index (χ1v) is 9.14. The van der Waals surface area contributed by atoms with Gasteiger partial charge >= 0.3 is 5.97 Å². The molecular weight excluding hydrogens is 288 g/mol. The van der Waals surface area contributed by atoms with Crippen LogP contribution in [0.2, 0.25) is 0 Å². The Bertz CT molecular complexity index is 632. The van der Waals surface area contributed by atoms with Crippen LogP contribution in [0, 0.1) is 6.92 Å². The molecule has 21 heavy (non-hydrogen) atoms. The van der Waals surface area contributed by atoms with E-state index < -0.39 is 15.8 Å². The number of aryl methyl sites for hydroxylation is 2. The van der Waals surface area contributed by atoms with Crippen molar-refractivity contribution in [1.29, 1.82) is 0 Å². The highest BCUT2D eigenvalue weighted by molar-refractivity contribution is 7.91. The number of sulfone groups is 1. The van der Waals surface area contributed by atoms with Crippen LogP contribution in [0.5, 0.6) is 0 Å². The molecule has 1 aliphatic heterocycles. The summed E-state index contributed by atoms with van der Waals surface area (Å²) in [5.74, 6) is -0.267. The van der Waals surface area contributed by atoms with Crippen LogP contribution in [-0.2, 0) is 21.0 Å². The summed E-state index contributed by atoms with van der Waals surface area (Å²) in [7, 11) is -3.28. The maximum Gasteiger partial charge on any atom is 0.338 e. The first-order chi connectivity index (χ1) is 9.95. The molecule has 0 saturated carbocycles. The summed E-state index contributed by atoms with van der Waals surface area (Å²) < 4.78 is 29.8. The lowest BCUT2D eigenvalue weighted by Crippen LogP contribution is -2.12. The minimum Gasteiger partial charge on any atom is -0.462 e. The van der Waals surface area contributed by atoms with Gasteiger partial charge < -0.3 is 4.74 Å². The van der Waals surface area contributed by atoms with E-state index in [0.29, 0.717) is 23.5 Å². The second kappa shape index (κ2) is 6.60. The summed E-state index contributed by atoms with van der Waals surface area (Å²) in [5, 5.41) is 0. The van der Waals surface area contributed by atoms with E-state index in [1.165, 1.54) is 6.07 Å². The van der Waals surface area contributed by atoms with E-state index in [1.807, 2.05) is 19.9 Å². The molecule has 0 N–H and O–H groups in total. The van der Waals surface area contributed by atoms with Gasteiger partial charge in [0, 0.05) is 0 Å². The highest BCUT2D eigenvalue weighted by atomic mass is 32.2. The Morgan fingerprint density at radius 1 is 1.29 bits per heavy atom.